The van der Waals surface area contributed by atoms with Crippen LogP contribution in [0, 0.1) is 11.3 Å². The Morgan fingerprint density at radius 3 is 2.82 bits per heavy atom. The Morgan fingerprint density at radius 2 is 2.18 bits per heavy atom. The van der Waals surface area contributed by atoms with Gasteiger partial charge in [-0.15, -0.1) is 22.7 Å². The Morgan fingerprint density at radius 1 is 1.29 bits per heavy atom. The lowest BCUT2D eigenvalue weighted by Crippen LogP contribution is -2.11. The molecule has 0 amide bonds. The molecule has 2 heterocycles. The van der Waals surface area contributed by atoms with Crippen LogP contribution in [-0.4, -0.2) is 4.98 Å². The summed E-state index contributed by atoms with van der Waals surface area (Å²) in [6.45, 7) is 3.73. The number of rotatable bonds is 5. The summed E-state index contributed by atoms with van der Waals surface area (Å²) in [6.07, 6.45) is 2.99. The van der Waals surface area contributed by atoms with Gasteiger partial charge in [0.05, 0.1) is 0 Å². The molecule has 1 N–H and O–H groups in total. The van der Waals surface area contributed by atoms with E-state index in [1.54, 1.807) is 11.3 Å². The monoisotopic (exact) mass is 263 g/mol. The molecule has 5 heteroatoms. The van der Waals surface area contributed by atoms with Crippen molar-refractivity contribution in [1.82, 2.24) is 10.3 Å². The summed E-state index contributed by atoms with van der Waals surface area (Å²) in [5, 5.41) is 13.2. The van der Waals surface area contributed by atoms with Gasteiger partial charge in [-0.2, -0.15) is 5.26 Å². The minimum Gasteiger partial charge on any atom is -0.306 e. The van der Waals surface area contributed by atoms with E-state index in [0.29, 0.717) is 0 Å². The normalized spacial score (nSPS) is 10.4. The fourth-order valence-electron chi connectivity index (χ4n) is 1.42. The second-order valence-electron chi connectivity index (χ2n) is 3.56. The molecule has 2 aromatic rings. The summed E-state index contributed by atoms with van der Waals surface area (Å²) in [5.41, 5.74) is 0. The van der Waals surface area contributed by atoms with Crippen molar-refractivity contribution in [2.75, 3.05) is 0 Å². The Bertz CT molecular complexity index is 522. The van der Waals surface area contributed by atoms with E-state index >= 15 is 0 Å². The highest BCUT2D eigenvalue weighted by Gasteiger charge is 2.02. The first kappa shape index (κ1) is 12.2. The van der Waals surface area contributed by atoms with Gasteiger partial charge in [0.2, 0.25) is 0 Å². The zero-order chi connectivity index (χ0) is 12.1. The lowest BCUT2D eigenvalue weighted by Gasteiger charge is -1.98. The lowest BCUT2D eigenvalue weighted by atomic mass is 10.4. The second-order valence-corrected chi connectivity index (χ2v) is 5.92. The maximum Gasteiger partial charge on any atom is 0.110 e. The van der Waals surface area contributed by atoms with E-state index in [1.165, 1.54) is 21.1 Å². The molecule has 0 saturated heterocycles. The largest absolute Gasteiger partial charge is 0.306 e. The molecule has 0 fully saturated rings. The standard InChI is InChI=1S/C12H13N3S2/c1-2-9-7-15-12(17-9)8-14-6-11-4-3-10(5-13)16-11/h3-4,7,14H,2,6,8H2,1H3. The van der Waals surface area contributed by atoms with Gasteiger partial charge in [0, 0.05) is 29.0 Å². The highest BCUT2D eigenvalue weighted by Crippen LogP contribution is 2.16. The van der Waals surface area contributed by atoms with E-state index < -0.39 is 0 Å². The first-order valence-electron chi connectivity index (χ1n) is 5.45. The molecule has 88 valence electrons. The van der Waals surface area contributed by atoms with Gasteiger partial charge in [-0.25, -0.2) is 4.98 Å². The molecule has 0 atom stereocenters. The molecule has 0 spiro atoms. The predicted octanol–water partition coefficient (Wildman–Crippen LogP) is 2.93. The maximum atomic E-state index is 8.72. The lowest BCUT2D eigenvalue weighted by molar-refractivity contribution is 0.697. The molecule has 3 nitrogen and oxygen atoms in total. The number of thiophene rings is 1. The number of hydrogen-bond donors (Lipinski definition) is 1. The summed E-state index contributed by atoms with van der Waals surface area (Å²) >= 11 is 3.29. The van der Waals surface area contributed by atoms with Crippen molar-refractivity contribution < 1.29 is 0 Å². The van der Waals surface area contributed by atoms with Crippen molar-refractivity contribution in [2.24, 2.45) is 0 Å². The number of aryl methyl sites for hydroxylation is 1. The first-order valence-corrected chi connectivity index (χ1v) is 7.08. The third-order valence-electron chi connectivity index (χ3n) is 2.30. The van der Waals surface area contributed by atoms with Gasteiger partial charge in [0.1, 0.15) is 16.0 Å². The fraction of sp³-hybridized carbons (Fsp3) is 0.333. The van der Waals surface area contributed by atoms with Crippen LogP contribution in [0.4, 0.5) is 0 Å². The molecule has 2 rings (SSSR count). The summed E-state index contributed by atoms with van der Waals surface area (Å²) in [6, 6.07) is 6.00. The van der Waals surface area contributed by atoms with Crippen LogP contribution in [0.25, 0.3) is 0 Å². The number of nitrogens with one attached hydrogen (secondary N) is 1. The van der Waals surface area contributed by atoms with E-state index in [4.69, 9.17) is 5.26 Å². The second kappa shape index (κ2) is 5.92. The zero-order valence-electron chi connectivity index (χ0n) is 9.56. The van der Waals surface area contributed by atoms with E-state index in [0.717, 1.165) is 29.4 Å². The Balaban J connectivity index is 1.81. The van der Waals surface area contributed by atoms with E-state index in [-0.39, 0.29) is 0 Å². The van der Waals surface area contributed by atoms with Crippen LogP contribution in [0.2, 0.25) is 0 Å². The molecule has 0 aromatic carbocycles. The molecule has 0 aliphatic rings. The number of aromatic nitrogens is 1. The van der Waals surface area contributed by atoms with Crippen molar-refractivity contribution in [1.29, 1.82) is 5.26 Å². The third-order valence-corrected chi connectivity index (χ3v) is 4.43. The average Bonchev–Trinajstić information content (AvgIpc) is 2.97. The van der Waals surface area contributed by atoms with Gasteiger partial charge in [0.15, 0.2) is 0 Å². The van der Waals surface area contributed by atoms with Gasteiger partial charge in [0.25, 0.3) is 0 Å². The quantitative estimate of drug-likeness (QED) is 0.902. The van der Waals surface area contributed by atoms with Crippen LogP contribution in [0.5, 0.6) is 0 Å². The Kier molecular flexibility index (Phi) is 4.26. The van der Waals surface area contributed by atoms with Crippen LogP contribution >= 0.6 is 22.7 Å². The minimum atomic E-state index is 0.768. The molecular formula is C12H13N3S2. The molecule has 0 radical (unpaired) electrons. The predicted molar refractivity (Wildman–Crippen MR) is 71.1 cm³/mol. The smallest absolute Gasteiger partial charge is 0.110 e. The van der Waals surface area contributed by atoms with Crippen LogP contribution < -0.4 is 5.32 Å². The number of hydrogen-bond acceptors (Lipinski definition) is 5. The molecule has 0 unspecified atom stereocenters. The number of nitrogens with zero attached hydrogens (tertiary/aromatic N) is 2. The van der Waals surface area contributed by atoms with Gasteiger partial charge < -0.3 is 5.32 Å². The van der Waals surface area contributed by atoms with Gasteiger partial charge in [-0.1, -0.05) is 6.92 Å². The summed E-state index contributed by atoms with van der Waals surface area (Å²) in [4.78, 5) is 7.63. The highest BCUT2D eigenvalue weighted by atomic mass is 32.1. The van der Waals surface area contributed by atoms with Gasteiger partial charge in [-0.3, -0.25) is 0 Å². The number of nitriles is 1. The third kappa shape index (κ3) is 3.37. The summed E-state index contributed by atoms with van der Waals surface area (Å²) in [7, 11) is 0. The molecule has 0 bridgehead atoms. The SMILES string of the molecule is CCc1cnc(CNCc2ccc(C#N)s2)s1. The Labute approximate surface area is 109 Å². The van der Waals surface area contributed by atoms with Crippen molar-refractivity contribution in [3.8, 4) is 6.07 Å². The van der Waals surface area contributed by atoms with Gasteiger partial charge in [-0.05, 0) is 18.6 Å². The van der Waals surface area contributed by atoms with Crippen molar-refractivity contribution in [3.63, 3.8) is 0 Å². The van der Waals surface area contributed by atoms with Crippen molar-refractivity contribution >= 4 is 22.7 Å². The maximum absolute atomic E-state index is 8.72. The van der Waals surface area contributed by atoms with Crippen LogP contribution in [0.15, 0.2) is 18.3 Å². The molecule has 0 aliphatic heterocycles. The average molecular weight is 263 g/mol. The fourth-order valence-corrected chi connectivity index (χ4v) is 3.03. The van der Waals surface area contributed by atoms with E-state index in [9.17, 15) is 0 Å². The van der Waals surface area contributed by atoms with E-state index in [1.807, 2.05) is 18.3 Å². The number of thiazole rings is 1. The first-order chi connectivity index (χ1) is 8.31. The molecule has 17 heavy (non-hydrogen) atoms. The molecule has 0 saturated carbocycles. The van der Waals surface area contributed by atoms with Crippen LogP contribution in [-0.2, 0) is 19.5 Å². The van der Waals surface area contributed by atoms with Crippen molar-refractivity contribution in [3.05, 3.63) is 38.0 Å². The van der Waals surface area contributed by atoms with Crippen molar-refractivity contribution in [2.45, 2.75) is 26.4 Å². The summed E-state index contributed by atoms with van der Waals surface area (Å²) < 4.78 is 0. The van der Waals surface area contributed by atoms with Crippen LogP contribution in [0.3, 0.4) is 0 Å². The van der Waals surface area contributed by atoms with E-state index in [2.05, 4.69) is 23.3 Å². The summed E-state index contributed by atoms with van der Waals surface area (Å²) in [5.74, 6) is 0. The molecule has 2 aromatic heterocycles. The highest BCUT2D eigenvalue weighted by molar-refractivity contribution is 7.12. The minimum absolute atomic E-state index is 0.768. The zero-order valence-corrected chi connectivity index (χ0v) is 11.2. The molecular weight excluding hydrogens is 250 g/mol. The van der Waals surface area contributed by atoms with Crippen LogP contribution in [0.1, 0.15) is 26.6 Å². The molecule has 0 aliphatic carbocycles. The Hall–Kier alpha value is -1.22. The topological polar surface area (TPSA) is 48.7 Å². The van der Waals surface area contributed by atoms with Gasteiger partial charge >= 0.3 is 0 Å².